The second-order valence-corrected chi connectivity index (χ2v) is 5.60. The van der Waals surface area contributed by atoms with E-state index in [9.17, 15) is 9.90 Å². The molecule has 0 spiro atoms. The Morgan fingerprint density at radius 1 is 1.12 bits per heavy atom. The van der Waals surface area contributed by atoms with E-state index in [4.69, 9.17) is 0 Å². The van der Waals surface area contributed by atoms with E-state index in [-0.39, 0.29) is 5.41 Å². The van der Waals surface area contributed by atoms with E-state index in [1.165, 1.54) is 12.5 Å². The van der Waals surface area contributed by atoms with E-state index < -0.39 is 5.60 Å². The van der Waals surface area contributed by atoms with Gasteiger partial charge in [0.2, 0.25) is 0 Å². The molecule has 0 heterocycles. The Balaban J connectivity index is 2.84. The molecule has 2 heteroatoms. The summed E-state index contributed by atoms with van der Waals surface area (Å²) in [6.07, 6.45) is 0.950. The maximum atomic E-state index is 10.6. The predicted octanol–water partition coefficient (Wildman–Crippen LogP) is 2.48. The van der Waals surface area contributed by atoms with Crippen LogP contribution in [0.4, 0.5) is 0 Å². The van der Waals surface area contributed by atoms with Crippen LogP contribution < -0.4 is 0 Å². The van der Waals surface area contributed by atoms with E-state index in [1.807, 2.05) is 12.1 Å². The van der Waals surface area contributed by atoms with Gasteiger partial charge in [0.1, 0.15) is 5.60 Å². The molecule has 0 aliphatic rings. The van der Waals surface area contributed by atoms with Crippen molar-refractivity contribution < 1.29 is 9.90 Å². The molecule has 0 amide bonds. The topological polar surface area (TPSA) is 37.3 Å². The van der Waals surface area contributed by atoms with Gasteiger partial charge in [0.15, 0.2) is 6.29 Å². The Bertz CT molecular complexity index is 355. The number of aliphatic hydroxyl groups is 1. The van der Waals surface area contributed by atoms with Gasteiger partial charge in [0.05, 0.1) is 0 Å². The van der Waals surface area contributed by atoms with Crippen LogP contribution in [0.25, 0.3) is 0 Å². The second-order valence-electron chi connectivity index (χ2n) is 5.60. The summed E-state index contributed by atoms with van der Waals surface area (Å²) in [6.45, 7) is 7.99. The molecule has 1 unspecified atom stereocenters. The van der Waals surface area contributed by atoms with Gasteiger partial charge in [0.25, 0.3) is 0 Å². The Morgan fingerprint density at radius 3 is 2.00 bits per heavy atom. The summed E-state index contributed by atoms with van der Waals surface area (Å²) in [7, 11) is 0. The highest BCUT2D eigenvalue weighted by atomic mass is 16.3. The van der Waals surface area contributed by atoms with Crippen molar-refractivity contribution in [1.29, 1.82) is 0 Å². The minimum atomic E-state index is -1.26. The number of carbonyl (C=O) groups excluding carboxylic acids is 1. The van der Waals surface area contributed by atoms with Gasteiger partial charge in [0, 0.05) is 6.42 Å². The summed E-state index contributed by atoms with van der Waals surface area (Å²) in [5.41, 5.74) is 1.10. The van der Waals surface area contributed by atoms with Crippen LogP contribution in [0.5, 0.6) is 0 Å². The first-order chi connectivity index (χ1) is 7.24. The van der Waals surface area contributed by atoms with Crippen molar-refractivity contribution >= 4 is 6.29 Å². The van der Waals surface area contributed by atoms with Gasteiger partial charge in [-0.15, -0.1) is 0 Å². The van der Waals surface area contributed by atoms with Gasteiger partial charge in [-0.1, -0.05) is 45.0 Å². The van der Waals surface area contributed by atoms with Crippen LogP contribution in [0.15, 0.2) is 24.3 Å². The smallest absolute Gasteiger partial charge is 0.151 e. The maximum Gasteiger partial charge on any atom is 0.151 e. The molecule has 0 aliphatic carbocycles. The van der Waals surface area contributed by atoms with Crippen molar-refractivity contribution in [2.75, 3.05) is 0 Å². The van der Waals surface area contributed by atoms with Crippen LogP contribution >= 0.6 is 0 Å². The fourth-order valence-electron chi connectivity index (χ4n) is 1.58. The minimum Gasteiger partial charge on any atom is -0.382 e. The third-order valence-electron chi connectivity index (χ3n) is 2.64. The maximum absolute atomic E-state index is 10.6. The van der Waals surface area contributed by atoms with Gasteiger partial charge < -0.3 is 9.90 Å². The summed E-state index contributed by atoms with van der Waals surface area (Å²) in [6, 6.07) is 8.05. The molecule has 1 aromatic rings. The Hall–Kier alpha value is -1.15. The third kappa shape index (κ3) is 3.46. The SMILES string of the molecule is CC(O)(C=O)Cc1ccc(C(C)(C)C)cc1. The van der Waals surface area contributed by atoms with Gasteiger partial charge in [-0.25, -0.2) is 0 Å². The molecule has 1 N–H and O–H groups in total. The highest BCUT2D eigenvalue weighted by molar-refractivity contribution is 5.62. The molecule has 0 saturated heterocycles. The lowest BCUT2D eigenvalue weighted by molar-refractivity contribution is -0.122. The molecule has 0 saturated carbocycles. The second kappa shape index (κ2) is 4.38. The number of hydrogen-bond acceptors (Lipinski definition) is 2. The van der Waals surface area contributed by atoms with Gasteiger partial charge >= 0.3 is 0 Å². The van der Waals surface area contributed by atoms with Crippen molar-refractivity contribution in [3.8, 4) is 0 Å². The average Bonchev–Trinajstić information content (AvgIpc) is 2.16. The Kier molecular flexibility index (Phi) is 3.54. The van der Waals surface area contributed by atoms with Crippen molar-refractivity contribution in [2.45, 2.75) is 45.1 Å². The zero-order valence-corrected chi connectivity index (χ0v) is 10.4. The molecular formula is C14H20O2. The lowest BCUT2D eigenvalue weighted by atomic mass is 9.86. The van der Waals surface area contributed by atoms with E-state index >= 15 is 0 Å². The summed E-state index contributed by atoms with van der Waals surface area (Å²) in [4.78, 5) is 10.6. The summed E-state index contributed by atoms with van der Waals surface area (Å²) in [5, 5.41) is 9.64. The summed E-state index contributed by atoms with van der Waals surface area (Å²) in [5.74, 6) is 0. The molecule has 0 aromatic heterocycles. The van der Waals surface area contributed by atoms with Gasteiger partial charge in [-0.05, 0) is 23.5 Å². The lowest BCUT2D eigenvalue weighted by Gasteiger charge is -2.20. The number of benzene rings is 1. The van der Waals surface area contributed by atoms with Crippen molar-refractivity contribution in [3.63, 3.8) is 0 Å². The molecule has 1 atom stereocenters. The molecule has 0 fully saturated rings. The largest absolute Gasteiger partial charge is 0.382 e. The fourth-order valence-corrected chi connectivity index (χ4v) is 1.58. The minimum absolute atomic E-state index is 0.131. The number of hydrogen-bond donors (Lipinski definition) is 1. The van der Waals surface area contributed by atoms with E-state index in [0.717, 1.165) is 5.56 Å². The van der Waals surface area contributed by atoms with Gasteiger partial charge in [-0.3, -0.25) is 0 Å². The van der Waals surface area contributed by atoms with Crippen LogP contribution in [0.3, 0.4) is 0 Å². The van der Waals surface area contributed by atoms with Crippen LogP contribution in [-0.2, 0) is 16.6 Å². The number of carbonyl (C=O) groups is 1. The van der Waals surface area contributed by atoms with Crippen LogP contribution in [0.1, 0.15) is 38.8 Å². The van der Waals surface area contributed by atoms with E-state index in [1.54, 1.807) is 0 Å². The monoisotopic (exact) mass is 220 g/mol. The first-order valence-corrected chi connectivity index (χ1v) is 5.53. The number of aldehydes is 1. The van der Waals surface area contributed by atoms with E-state index in [0.29, 0.717) is 12.7 Å². The molecule has 0 radical (unpaired) electrons. The summed E-state index contributed by atoms with van der Waals surface area (Å²) < 4.78 is 0. The quantitative estimate of drug-likeness (QED) is 0.795. The standard InChI is InChI=1S/C14H20O2/c1-13(2,3)12-7-5-11(6-8-12)9-14(4,16)10-15/h5-8,10,16H,9H2,1-4H3. The molecule has 0 bridgehead atoms. The molecule has 88 valence electrons. The first kappa shape index (κ1) is 12.9. The predicted molar refractivity (Wildman–Crippen MR) is 65.5 cm³/mol. The highest BCUT2D eigenvalue weighted by Crippen LogP contribution is 2.23. The van der Waals surface area contributed by atoms with Crippen LogP contribution in [-0.4, -0.2) is 17.0 Å². The molecule has 16 heavy (non-hydrogen) atoms. The summed E-state index contributed by atoms with van der Waals surface area (Å²) >= 11 is 0. The Labute approximate surface area is 97.3 Å². The van der Waals surface area contributed by atoms with Crippen LogP contribution in [0.2, 0.25) is 0 Å². The van der Waals surface area contributed by atoms with Crippen molar-refractivity contribution in [2.24, 2.45) is 0 Å². The van der Waals surface area contributed by atoms with Crippen molar-refractivity contribution in [3.05, 3.63) is 35.4 Å². The fraction of sp³-hybridized carbons (Fsp3) is 0.500. The molecule has 1 aromatic carbocycles. The molecule has 0 aliphatic heterocycles. The third-order valence-corrected chi connectivity index (χ3v) is 2.64. The zero-order chi connectivity index (χ0) is 12.4. The number of rotatable bonds is 3. The van der Waals surface area contributed by atoms with E-state index in [2.05, 4.69) is 32.9 Å². The first-order valence-electron chi connectivity index (χ1n) is 5.53. The van der Waals surface area contributed by atoms with Crippen molar-refractivity contribution in [1.82, 2.24) is 0 Å². The molecular weight excluding hydrogens is 200 g/mol. The zero-order valence-electron chi connectivity index (χ0n) is 10.4. The van der Waals surface area contributed by atoms with Gasteiger partial charge in [-0.2, -0.15) is 0 Å². The van der Waals surface area contributed by atoms with Crippen LogP contribution in [0, 0.1) is 0 Å². The highest BCUT2D eigenvalue weighted by Gasteiger charge is 2.20. The molecule has 1 rings (SSSR count). The normalized spacial score (nSPS) is 15.6. The lowest BCUT2D eigenvalue weighted by Crippen LogP contribution is -2.28. The molecule has 2 nitrogen and oxygen atoms in total. The Morgan fingerprint density at radius 2 is 1.62 bits per heavy atom. The average molecular weight is 220 g/mol.